The maximum atomic E-state index is 8.92. The largest absolute Gasteiger partial charge is 0.396 e. The Kier molecular flexibility index (Phi) is 4.18. The molecule has 0 fully saturated rings. The zero-order valence-electron chi connectivity index (χ0n) is 8.53. The Bertz CT molecular complexity index is 335. The number of rotatable bonds is 4. The molecule has 1 rings (SSSR count). The second-order valence-electron chi connectivity index (χ2n) is 3.33. The lowest BCUT2D eigenvalue weighted by Gasteiger charge is -2.11. The molecular formula is C13H16O. The third-order valence-corrected chi connectivity index (χ3v) is 2.29. The number of benzene rings is 1. The summed E-state index contributed by atoms with van der Waals surface area (Å²) < 4.78 is 0. The van der Waals surface area contributed by atoms with Gasteiger partial charge in [0, 0.05) is 12.5 Å². The topological polar surface area (TPSA) is 20.2 Å². The van der Waals surface area contributed by atoms with Gasteiger partial charge in [-0.05, 0) is 23.6 Å². The highest BCUT2D eigenvalue weighted by Crippen LogP contribution is 2.20. The van der Waals surface area contributed by atoms with E-state index in [2.05, 4.69) is 31.4 Å². The van der Waals surface area contributed by atoms with Crippen molar-refractivity contribution in [2.75, 3.05) is 6.61 Å². The second-order valence-corrected chi connectivity index (χ2v) is 3.33. The van der Waals surface area contributed by atoms with Gasteiger partial charge in [-0.1, -0.05) is 37.8 Å². The van der Waals surface area contributed by atoms with Crippen molar-refractivity contribution < 1.29 is 5.11 Å². The van der Waals surface area contributed by atoms with Crippen LogP contribution >= 0.6 is 0 Å². The predicted molar refractivity (Wildman–Crippen MR) is 59.4 cm³/mol. The quantitative estimate of drug-likeness (QED) is 0.720. The number of aliphatic hydroxyl groups excluding tert-OH is 1. The van der Waals surface area contributed by atoms with Gasteiger partial charge in [0.1, 0.15) is 0 Å². The fourth-order valence-corrected chi connectivity index (χ4v) is 1.59. The van der Waals surface area contributed by atoms with Crippen LogP contribution in [0.15, 0.2) is 42.7 Å². The molecule has 1 aromatic carbocycles. The molecule has 0 aliphatic heterocycles. The molecule has 1 heteroatoms. The first kappa shape index (κ1) is 10.8. The fourth-order valence-electron chi connectivity index (χ4n) is 1.59. The summed E-state index contributed by atoms with van der Waals surface area (Å²) in [5.74, 6) is 0.315. The van der Waals surface area contributed by atoms with Crippen LogP contribution in [0.1, 0.15) is 24.0 Å². The molecule has 1 unspecified atom stereocenters. The van der Waals surface area contributed by atoms with Crippen molar-refractivity contribution in [2.24, 2.45) is 0 Å². The Morgan fingerprint density at radius 1 is 1.50 bits per heavy atom. The lowest BCUT2D eigenvalue weighted by molar-refractivity contribution is 0.299. The Morgan fingerprint density at radius 3 is 2.86 bits per heavy atom. The van der Waals surface area contributed by atoms with E-state index in [4.69, 9.17) is 5.11 Å². The molecule has 0 amide bonds. The van der Waals surface area contributed by atoms with E-state index >= 15 is 0 Å². The van der Waals surface area contributed by atoms with Gasteiger partial charge in [-0.25, -0.2) is 0 Å². The Labute approximate surface area is 85.4 Å². The summed E-state index contributed by atoms with van der Waals surface area (Å²) >= 11 is 0. The maximum Gasteiger partial charge on any atom is 0.0471 e. The van der Waals surface area contributed by atoms with Crippen LogP contribution in [-0.4, -0.2) is 11.7 Å². The van der Waals surface area contributed by atoms with Gasteiger partial charge >= 0.3 is 0 Å². The second kappa shape index (κ2) is 5.43. The minimum absolute atomic E-state index is 0.196. The lowest BCUT2D eigenvalue weighted by atomic mass is 9.94. The van der Waals surface area contributed by atoms with Crippen molar-refractivity contribution in [1.82, 2.24) is 0 Å². The monoisotopic (exact) mass is 188 g/mol. The van der Waals surface area contributed by atoms with Crippen molar-refractivity contribution in [2.45, 2.75) is 19.3 Å². The predicted octanol–water partition coefficient (Wildman–Crippen LogP) is 2.67. The summed E-state index contributed by atoms with van der Waals surface area (Å²) in [4.78, 5) is 0. The first-order chi connectivity index (χ1) is 6.79. The fraction of sp³-hybridized carbons (Fsp3) is 0.308. The number of aliphatic hydroxyl groups is 1. The summed E-state index contributed by atoms with van der Waals surface area (Å²) in [6.45, 7) is 5.87. The molecule has 0 aliphatic rings. The molecule has 1 nitrogen and oxygen atoms in total. The van der Waals surface area contributed by atoms with Crippen LogP contribution in [-0.2, 0) is 6.42 Å². The summed E-state index contributed by atoms with van der Waals surface area (Å²) in [6, 6.07) is 8.16. The number of hydrogen-bond acceptors (Lipinski definition) is 1. The molecule has 0 bridgehead atoms. The van der Waals surface area contributed by atoms with Crippen molar-refractivity contribution >= 4 is 0 Å². The number of allylic oxidation sites excluding steroid dienone is 1. The first-order valence-corrected chi connectivity index (χ1v) is 4.84. The van der Waals surface area contributed by atoms with E-state index in [-0.39, 0.29) is 6.61 Å². The summed E-state index contributed by atoms with van der Waals surface area (Å²) in [6.07, 6.45) is 2.65. The standard InChI is InChI=1S/C13H16O/c1-3-6-11(2)13-8-5-4-7-12(13)9-10-14/h4-8,11,14H,1,9-10H2,2H3. The third-order valence-electron chi connectivity index (χ3n) is 2.29. The van der Waals surface area contributed by atoms with Gasteiger partial charge in [0.2, 0.25) is 0 Å². The molecule has 0 spiro atoms. The lowest BCUT2D eigenvalue weighted by Crippen LogP contribution is -1.99. The van der Waals surface area contributed by atoms with Crippen molar-refractivity contribution in [1.29, 1.82) is 0 Å². The molecule has 0 radical (unpaired) electrons. The van der Waals surface area contributed by atoms with Gasteiger partial charge in [-0.3, -0.25) is 0 Å². The molecule has 14 heavy (non-hydrogen) atoms. The van der Waals surface area contributed by atoms with Crippen molar-refractivity contribution in [3.05, 3.63) is 53.8 Å². The zero-order chi connectivity index (χ0) is 10.4. The van der Waals surface area contributed by atoms with E-state index in [0.29, 0.717) is 12.3 Å². The van der Waals surface area contributed by atoms with Gasteiger partial charge in [-0.15, -0.1) is 5.73 Å². The third kappa shape index (κ3) is 2.59. The van der Waals surface area contributed by atoms with E-state index in [0.717, 1.165) is 0 Å². The minimum Gasteiger partial charge on any atom is -0.396 e. The molecular weight excluding hydrogens is 172 g/mol. The van der Waals surface area contributed by atoms with Gasteiger partial charge in [0.05, 0.1) is 0 Å². The molecule has 1 N–H and O–H groups in total. The molecule has 0 saturated carbocycles. The van der Waals surface area contributed by atoms with Gasteiger partial charge < -0.3 is 5.11 Å². The average Bonchev–Trinajstić information content (AvgIpc) is 2.19. The number of hydrogen-bond donors (Lipinski definition) is 1. The molecule has 1 atom stereocenters. The van der Waals surface area contributed by atoms with E-state index in [1.807, 2.05) is 18.2 Å². The highest BCUT2D eigenvalue weighted by molar-refractivity contribution is 5.32. The van der Waals surface area contributed by atoms with Crippen LogP contribution in [0.4, 0.5) is 0 Å². The summed E-state index contributed by atoms with van der Waals surface area (Å²) in [5.41, 5.74) is 5.25. The highest BCUT2D eigenvalue weighted by Gasteiger charge is 2.06. The minimum atomic E-state index is 0.196. The Hall–Kier alpha value is -1.30. The molecule has 0 saturated heterocycles. The smallest absolute Gasteiger partial charge is 0.0471 e. The SMILES string of the molecule is C=C=CC(C)c1ccccc1CCO. The summed E-state index contributed by atoms with van der Waals surface area (Å²) in [5, 5.41) is 8.92. The summed E-state index contributed by atoms with van der Waals surface area (Å²) in [7, 11) is 0. The van der Waals surface area contributed by atoms with Crippen LogP contribution in [0, 0.1) is 0 Å². The molecule has 1 aromatic rings. The molecule has 0 aliphatic carbocycles. The molecule has 0 aromatic heterocycles. The van der Waals surface area contributed by atoms with E-state index in [1.165, 1.54) is 11.1 Å². The first-order valence-electron chi connectivity index (χ1n) is 4.84. The highest BCUT2D eigenvalue weighted by atomic mass is 16.2. The normalized spacial score (nSPS) is 11.9. The van der Waals surface area contributed by atoms with Gasteiger partial charge in [0.15, 0.2) is 0 Å². The van der Waals surface area contributed by atoms with Crippen LogP contribution in [0.25, 0.3) is 0 Å². The van der Waals surface area contributed by atoms with Crippen molar-refractivity contribution in [3.8, 4) is 0 Å². The van der Waals surface area contributed by atoms with Crippen LogP contribution in [0.2, 0.25) is 0 Å². The maximum absolute atomic E-state index is 8.92. The zero-order valence-corrected chi connectivity index (χ0v) is 8.53. The Balaban J connectivity index is 2.99. The van der Waals surface area contributed by atoms with Crippen LogP contribution in [0.5, 0.6) is 0 Å². The average molecular weight is 188 g/mol. The van der Waals surface area contributed by atoms with Gasteiger partial charge in [-0.2, -0.15) is 0 Å². The molecule has 0 heterocycles. The van der Waals surface area contributed by atoms with Crippen molar-refractivity contribution in [3.63, 3.8) is 0 Å². The van der Waals surface area contributed by atoms with E-state index < -0.39 is 0 Å². The van der Waals surface area contributed by atoms with E-state index in [9.17, 15) is 0 Å². The van der Waals surface area contributed by atoms with E-state index in [1.54, 1.807) is 0 Å². The van der Waals surface area contributed by atoms with Crippen LogP contribution in [0.3, 0.4) is 0 Å². The van der Waals surface area contributed by atoms with Crippen LogP contribution < -0.4 is 0 Å². The Morgan fingerprint density at radius 2 is 2.21 bits per heavy atom. The molecule has 74 valence electrons. The van der Waals surface area contributed by atoms with Gasteiger partial charge in [0.25, 0.3) is 0 Å².